The van der Waals surface area contributed by atoms with Crippen LogP contribution in [0.15, 0.2) is 21.6 Å². The number of hydrogen-bond donors (Lipinski definition) is 2. The Morgan fingerprint density at radius 1 is 1.50 bits per heavy atom. The molecule has 0 amide bonds. The van der Waals surface area contributed by atoms with Crippen LogP contribution in [-0.2, 0) is 14.8 Å². The average molecular weight is 353 g/mol. The van der Waals surface area contributed by atoms with Crippen LogP contribution in [0.1, 0.15) is 30.3 Å². The van der Waals surface area contributed by atoms with Crippen molar-refractivity contribution in [2.45, 2.75) is 24.9 Å². The highest BCUT2D eigenvalue weighted by Crippen LogP contribution is 2.16. The van der Waals surface area contributed by atoms with E-state index in [2.05, 4.69) is 10.0 Å². The quantitative estimate of drug-likeness (QED) is 0.714. The van der Waals surface area contributed by atoms with Gasteiger partial charge in [0.15, 0.2) is 0 Å². The Balaban J connectivity index is 0.00000242. The summed E-state index contributed by atoms with van der Waals surface area (Å²) in [7, 11) is -3.72. The smallest absolute Gasteiger partial charge is 0.374 e. The molecule has 7 nitrogen and oxygen atoms in total. The van der Waals surface area contributed by atoms with E-state index in [1.165, 1.54) is 12.1 Å². The van der Waals surface area contributed by atoms with Crippen LogP contribution in [0.3, 0.4) is 0 Å². The number of furan rings is 1. The van der Waals surface area contributed by atoms with Crippen molar-refractivity contribution in [3.63, 3.8) is 0 Å². The summed E-state index contributed by atoms with van der Waals surface area (Å²) in [6.45, 7) is 4.13. The summed E-state index contributed by atoms with van der Waals surface area (Å²) in [5.74, 6) is -0.285. The number of esters is 1. The van der Waals surface area contributed by atoms with Gasteiger partial charge in [-0.25, -0.2) is 17.9 Å². The maximum atomic E-state index is 12.0. The Morgan fingerprint density at radius 2 is 2.27 bits per heavy atom. The van der Waals surface area contributed by atoms with Gasteiger partial charge in [-0.05, 0) is 50.9 Å². The van der Waals surface area contributed by atoms with E-state index in [1.807, 2.05) is 0 Å². The van der Waals surface area contributed by atoms with Gasteiger partial charge in [0, 0.05) is 6.54 Å². The lowest BCUT2D eigenvalue weighted by Crippen LogP contribution is -2.26. The summed E-state index contributed by atoms with van der Waals surface area (Å²) in [6.07, 6.45) is 1.84. The van der Waals surface area contributed by atoms with Crippen molar-refractivity contribution in [1.29, 1.82) is 0 Å². The van der Waals surface area contributed by atoms with Gasteiger partial charge in [0.1, 0.15) is 0 Å². The second-order valence-corrected chi connectivity index (χ2v) is 6.58. The van der Waals surface area contributed by atoms with Gasteiger partial charge in [-0.2, -0.15) is 0 Å². The number of rotatable bonds is 7. The normalized spacial score (nSPS) is 18.0. The van der Waals surface area contributed by atoms with Crippen LogP contribution < -0.4 is 10.0 Å². The third kappa shape index (κ3) is 4.98. The summed E-state index contributed by atoms with van der Waals surface area (Å²) >= 11 is 0. The first-order chi connectivity index (χ1) is 10.0. The van der Waals surface area contributed by atoms with E-state index < -0.39 is 16.0 Å². The van der Waals surface area contributed by atoms with Gasteiger partial charge in [-0.1, -0.05) is 0 Å². The number of carbonyl (C=O) groups excluding carboxylic acids is 1. The zero-order chi connectivity index (χ0) is 15.3. The maximum absolute atomic E-state index is 12.0. The number of hydrogen-bond acceptors (Lipinski definition) is 6. The fourth-order valence-electron chi connectivity index (χ4n) is 2.21. The molecular formula is C13H21ClN2O5S. The predicted molar refractivity (Wildman–Crippen MR) is 82.7 cm³/mol. The molecule has 22 heavy (non-hydrogen) atoms. The molecule has 2 rings (SSSR count). The van der Waals surface area contributed by atoms with Crippen LogP contribution in [-0.4, -0.2) is 40.6 Å². The lowest BCUT2D eigenvalue weighted by molar-refractivity contribution is 0.0484. The molecule has 1 unspecified atom stereocenters. The van der Waals surface area contributed by atoms with Crippen LogP contribution >= 0.6 is 12.4 Å². The molecule has 0 aliphatic carbocycles. The molecule has 1 aromatic rings. The summed E-state index contributed by atoms with van der Waals surface area (Å²) in [6, 6.07) is 2.55. The largest absolute Gasteiger partial charge is 0.460 e. The van der Waals surface area contributed by atoms with Gasteiger partial charge in [0.05, 0.1) is 6.61 Å². The van der Waals surface area contributed by atoms with Crippen molar-refractivity contribution in [3.05, 3.63) is 17.9 Å². The van der Waals surface area contributed by atoms with Crippen molar-refractivity contribution in [2.75, 3.05) is 26.2 Å². The summed E-state index contributed by atoms with van der Waals surface area (Å²) in [5, 5.41) is 2.96. The molecule has 1 fully saturated rings. The number of nitrogens with one attached hydrogen (secondary N) is 2. The van der Waals surface area contributed by atoms with Gasteiger partial charge < -0.3 is 14.5 Å². The molecule has 126 valence electrons. The van der Waals surface area contributed by atoms with Crippen molar-refractivity contribution in [3.8, 4) is 0 Å². The van der Waals surface area contributed by atoms with E-state index in [-0.39, 0.29) is 29.9 Å². The molecule has 0 bridgehead atoms. The number of sulfonamides is 1. The molecule has 1 aromatic heterocycles. The van der Waals surface area contributed by atoms with E-state index in [0.717, 1.165) is 25.9 Å². The highest BCUT2D eigenvalue weighted by atomic mass is 35.5. The minimum atomic E-state index is -3.72. The molecule has 2 heterocycles. The van der Waals surface area contributed by atoms with E-state index in [0.29, 0.717) is 12.5 Å². The van der Waals surface area contributed by atoms with E-state index in [9.17, 15) is 13.2 Å². The summed E-state index contributed by atoms with van der Waals surface area (Å²) in [5.41, 5.74) is 0. The molecule has 0 radical (unpaired) electrons. The fourth-order valence-corrected chi connectivity index (χ4v) is 3.18. The van der Waals surface area contributed by atoms with Crippen molar-refractivity contribution >= 4 is 28.4 Å². The minimum absolute atomic E-state index is 0. The zero-order valence-corrected chi connectivity index (χ0v) is 14.0. The van der Waals surface area contributed by atoms with E-state index in [4.69, 9.17) is 9.15 Å². The standard InChI is InChI=1S/C13H20N2O5S.ClH/c1-2-19-13(16)11-3-4-12(20-11)21(17,18)15-8-6-10-5-7-14-9-10;/h3-4,10,14-15H,2,5-9H2,1H3;1H. The molecule has 1 aliphatic rings. The number of carbonyl (C=O) groups is 1. The third-order valence-electron chi connectivity index (χ3n) is 3.33. The Morgan fingerprint density at radius 3 is 2.91 bits per heavy atom. The lowest BCUT2D eigenvalue weighted by Gasteiger charge is -2.08. The molecule has 0 spiro atoms. The SMILES string of the molecule is CCOC(=O)c1ccc(S(=O)(=O)NCCC2CCNC2)o1.Cl. The first-order valence-electron chi connectivity index (χ1n) is 7.00. The molecular weight excluding hydrogens is 332 g/mol. The molecule has 0 aromatic carbocycles. The van der Waals surface area contributed by atoms with Gasteiger partial charge in [0.25, 0.3) is 10.0 Å². The number of halogens is 1. The predicted octanol–water partition coefficient (Wildman–Crippen LogP) is 1.16. The first kappa shape index (κ1) is 19.0. The highest BCUT2D eigenvalue weighted by Gasteiger charge is 2.22. The Kier molecular flexibility index (Phi) is 7.34. The third-order valence-corrected chi connectivity index (χ3v) is 4.66. The monoisotopic (exact) mass is 352 g/mol. The topological polar surface area (TPSA) is 97.6 Å². The molecule has 9 heteroatoms. The van der Waals surface area contributed by atoms with Crippen molar-refractivity contribution in [1.82, 2.24) is 10.0 Å². The zero-order valence-electron chi connectivity index (χ0n) is 12.3. The summed E-state index contributed by atoms with van der Waals surface area (Å²) < 4.78 is 36.3. The minimum Gasteiger partial charge on any atom is -0.460 e. The summed E-state index contributed by atoms with van der Waals surface area (Å²) in [4.78, 5) is 11.4. The van der Waals surface area contributed by atoms with Gasteiger partial charge >= 0.3 is 5.97 Å². The van der Waals surface area contributed by atoms with Gasteiger partial charge in [-0.3, -0.25) is 0 Å². The maximum Gasteiger partial charge on any atom is 0.374 e. The second-order valence-electron chi connectivity index (χ2n) is 4.88. The highest BCUT2D eigenvalue weighted by molar-refractivity contribution is 7.89. The molecule has 1 aliphatic heterocycles. The van der Waals surface area contributed by atoms with Crippen LogP contribution in [0, 0.1) is 5.92 Å². The molecule has 2 N–H and O–H groups in total. The Bertz CT molecular complexity index is 581. The van der Waals surface area contributed by atoms with E-state index >= 15 is 0 Å². The molecule has 0 saturated carbocycles. The second kappa shape index (κ2) is 8.52. The van der Waals surface area contributed by atoms with Crippen molar-refractivity contribution < 1.29 is 22.4 Å². The van der Waals surface area contributed by atoms with Crippen LogP contribution in [0.2, 0.25) is 0 Å². The Hall–Kier alpha value is -1.09. The van der Waals surface area contributed by atoms with Crippen LogP contribution in [0.25, 0.3) is 0 Å². The van der Waals surface area contributed by atoms with Crippen molar-refractivity contribution in [2.24, 2.45) is 5.92 Å². The lowest BCUT2D eigenvalue weighted by atomic mass is 10.1. The first-order valence-corrected chi connectivity index (χ1v) is 8.48. The van der Waals surface area contributed by atoms with Crippen LogP contribution in [0.4, 0.5) is 0 Å². The van der Waals surface area contributed by atoms with Gasteiger partial charge in [0.2, 0.25) is 10.9 Å². The average Bonchev–Trinajstić information content (AvgIpc) is 3.10. The fraction of sp³-hybridized carbons (Fsp3) is 0.615. The molecule has 1 saturated heterocycles. The van der Waals surface area contributed by atoms with Crippen LogP contribution in [0.5, 0.6) is 0 Å². The van der Waals surface area contributed by atoms with Gasteiger partial charge in [-0.15, -0.1) is 12.4 Å². The Labute approximate surface area is 136 Å². The molecule has 1 atom stereocenters. The number of ether oxygens (including phenoxy) is 1. The van der Waals surface area contributed by atoms with E-state index in [1.54, 1.807) is 6.92 Å².